The Kier molecular flexibility index (Phi) is 7.42. The molecule has 0 radical (unpaired) electrons. The predicted molar refractivity (Wildman–Crippen MR) is 120 cm³/mol. The number of nitrogens with one attached hydrogen (secondary N) is 2. The standard InChI is InChI=1S/C23H27FN4O4/c1-15(2)25-21(29)14-27-9-11-28(12-10-27)20-8-7-18(13-19(20)23(31)32)26-22(30)16-3-5-17(24)6-4-16/h3-8,13,15H,9-12,14H2,1-2H3,(H,25,29)(H,26,30)(H,31,32). The van der Waals surface area contributed by atoms with Gasteiger partial charge in [-0.1, -0.05) is 0 Å². The van der Waals surface area contributed by atoms with E-state index in [1.54, 1.807) is 12.1 Å². The van der Waals surface area contributed by atoms with Crippen molar-refractivity contribution in [1.29, 1.82) is 0 Å². The Bertz CT molecular complexity index is 986. The van der Waals surface area contributed by atoms with Crippen molar-refractivity contribution in [3.05, 3.63) is 59.4 Å². The molecule has 0 saturated carbocycles. The van der Waals surface area contributed by atoms with Crippen LogP contribution in [0.2, 0.25) is 0 Å². The topological polar surface area (TPSA) is 102 Å². The molecule has 2 amide bonds. The van der Waals surface area contributed by atoms with Crippen LogP contribution in [-0.4, -0.2) is 66.6 Å². The number of halogens is 1. The van der Waals surface area contributed by atoms with E-state index in [0.717, 1.165) is 0 Å². The second kappa shape index (κ2) is 10.2. The van der Waals surface area contributed by atoms with Gasteiger partial charge in [0.05, 0.1) is 17.8 Å². The van der Waals surface area contributed by atoms with E-state index in [9.17, 15) is 23.9 Å². The van der Waals surface area contributed by atoms with Gasteiger partial charge in [0.15, 0.2) is 0 Å². The first-order valence-corrected chi connectivity index (χ1v) is 10.4. The maximum Gasteiger partial charge on any atom is 0.337 e. The average Bonchev–Trinajstić information content (AvgIpc) is 2.74. The Morgan fingerprint density at radius 3 is 2.28 bits per heavy atom. The summed E-state index contributed by atoms with van der Waals surface area (Å²) in [6.45, 7) is 6.56. The van der Waals surface area contributed by atoms with Crippen LogP contribution in [0.25, 0.3) is 0 Å². The van der Waals surface area contributed by atoms with Crippen LogP contribution in [0.4, 0.5) is 15.8 Å². The van der Waals surface area contributed by atoms with Crippen molar-refractivity contribution < 1.29 is 23.9 Å². The van der Waals surface area contributed by atoms with Crippen LogP contribution in [0, 0.1) is 5.82 Å². The van der Waals surface area contributed by atoms with Crippen LogP contribution in [0.15, 0.2) is 42.5 Å². The molecule has 32 heavy (non-hydrogen) atoms. The van der Waals surface area contributed by atoms with Crippen molar-refractivity contribution in [2.24, 2.45) is 0 Å². The minimum absolute atomic E-state index is 0.0269. The van der Waals surface area contributed by atoms with E-state index in [0.29, 0.717) is 44.1 Å². The highest BCUT2D eigenvalue weighted by Crippen LogP contribution is 2.26. The Morgan fingerprint density at radius 2 is 1.69 bits per heavy atom. The van der Waals surface area contributed by atoms with Crippen LogP contribution in [0.5, 0.6) is 0 Å². The molecule has 0 spiro atoms. The summed E-state index contributed by atoms with van der Waals surface area (Å²) in [4.78, 5) is 40.2. The molecule has 0 aromatic heterocycles. The molecule has 1 aliphatic rings. The number of amides is 2. The highest BCUT2D eigenvalue weighted by molar-refractivity contribution is 6.05. The van der Waals surface area contributed by atoms with Crippen molar-refractivity contribution in [2.75, 3.05) is 42.9 Å². The number of piperazine rings is 1. The quantitative estimate of drug-likeness (QED) is 0.609. The van der Waals surface area contributed by atoms with Crippen LogP contribution >= 0.6 is 0 Å². The Morgan fingerprint density at radius 1 is 1.03 bits per heavy atom. The third-order valence-corrected chi connectivity index (χ3v) is 5.12. The monoisotopic (exact) mass is 442 g/mol. The number of hydrogen-bond acceptors (Lipinski definition) is 5. The van der Waals surface area contributed by atoms with Crippen LogP contribution in [-0.2, 0) is 4.79 Å². The first kappa shape index (κ1) is 23.2. The molecule has 2 aromatic carbocycles. The number of carbonyl (C=O) groups is 3. The van der Waals surface area contributed by atoms with Crippen molar-refractivity contribution in [3.63, 3.8) is 0 Å². The zero-order valence-electron chi connectivity index (χ0n) is 18.1. The highest BCUT2D eigenvalue weighted by atomic mass is 19.1. The third kappa shape index (κ3) is 6.04. The second-order valence-electron chi connectivity index (χ2n) is 7.98. The van der Waals surface area contributed by atoms with Gasteiger partial charge in [0, 0.05) is 43.5 Å². The number of carboxylic acids is 1. The molecule has 1 aliphatic heterocycles. The number of carboxylic acid groups (broad SMARTS) is 1. The summed E-state index contributed by atoms with van der Waals surface area (Å²) in [5.41, 5.74) is 1.24. The first-order chi connectivity index (χ1) is 15.2. The van der Waals surface area contributed by atoms with Gasteiger partial charge in [-0.3, -0.25) is 14.5 Å². The SMILES string of the molecule is CC(C)NC(=O)CN1CCN(c2ccc(NC(=O)c3ccc(F)cc3)cc2C(=O)O)CC1. The summed E-state index contributed by atoms with van der Waals surface area (Å²) in [5, 5.41) is 15.2. The van der Waals surface area contributed by atoms with E-state index >= 15 is 0 Å². The smallest absolute Gasteiger partial charge is 0.337 e. The van der Waals surface area contributed by atoms with Gasteiger partial charge < -0.3 is 20.6 Å². The van der Waals surface area contributed by atoms with Crippen LogP contribution in [0.1, 0.15) is 34.6 Å². The first-order valence-electron chi connectivity index (χ1n) is 10.4. The molecule has 1 fully saturated rings. The van der Waals surface area contributed by atoms with Gasteiger partial charge >= 0.3 is 5.97 Å². The third-order valence-electron chi connectivity index (χ3n) is 5.12. The van der Waals surface area contributed by atoms with E-state index in [2.05, 4.69) is 10.6 Å². The normalized spacial score (nSPS) is 14.3. The van der Waals surface area contributed by atoms with E-state index in [1.807, 2.05) is 23.6 Å². The molecular weight excluding hydrogens is 415 g/mol. The molecule has 0 unspecified atom stereocenters. The lowest BCUT2D eigenvalue weighted by Gasteiger charge is -2.36. The van der Waals surface area contributed by atoms with Gasteiger partial charge in [-0.05, 0) is 56.3 Å². The van der Waals surface area contributed by atoms with E-state index in [-0.39, 0.29) is 23.1 Å². The van der Waals surface area contributed by atoms with Gasteiger partial charge in [0.1, 0.15) is 5.82 Å². The van der Waals surface area contributed by atoms with E-state index in [4.69, 9.17) is 0 Å². The number of hydrogen-bond donors (Lipinski definition) is 3. The van der Waals surface area contributed by atoms with Crippen molar-refractivity contribution >= 4 is 29.2 Å². The lowest BCUT2D eigenvalue weighted by molar-refractivity contribution is -0.122. The number of aromatic carboxylic acids is 1. The zero-order chi connectivity index (χ0) is 23.3. The van der Waals surface area contributed by atoms with Gasteiger partial charge in [-0.15, -0.1) is 0 Å². The van der Waals surface area contributed by atoms with Gasteiger partial charge in [-0.25, -0.2) is 9.18 Å². The van der Waals surface area contributed by atoms with Crippen LogP contribution < -0.4 is 15.5 Å². The van der Waals surface area contributed by atoms with Crippen molar-refractivity contribution in [3.8, 4) is 0 Å². The summed E-state index contributed by atoms with van der Waals surface area (Å²) in [6, 6.07) is 9.91. The second-order valence-corrected chi connectivity index (χ2v) is 7.98. The number of carbonyl (C=O) groups excluding carboxylic acids is 2. The molecule has 170 valence electrons. The fourth-order valence-corrected chi connectivity index (χ4v) is 3.58. The Balaban J connectivity index is 1.66. The summed E-state index contributed by atoms with van der Waals surface area (Å²) in [5.74, 6) is -2.03. The molecule has 1 saturated heterocycles. The predicted octanol–water partition coefficient (Wildman–Crippen LogP) is 2.42. The lowest BCUT2D eigenvalue weighted by atomic mass is 10.1. The zero-order valence-corrected chi connectivity index (χ0v) is 18.1. The number of benzene rings is 2. The molecule has 9 heteroatoms. The molecule has 2 aromatic rings. The molecule has 3 N–H and O–H groups in total. The Labute approximate surface area is 186 Å². The molecule has 3 rings (SSSR count). The summed E-state index contributed by atoms with van der Waals surface area (Å²) in [6.07, 6.45) is 0. The summed E-state index contributed by atoms with van der Waals surface area (Å²) in [7, 11) is 0. The summed E-state index contributed by atoms with van der Waals surface area (Å²) >= 11 is 0. The van der Waals surface area contributed by atoms with E-state index < -0.39 is 17.7 Å². The summed E-state index contributed by atoms with van der Waals surface area (Å²) < 4.78 is 13.1. The largest absolute Gasteiger partial charge is 0.478 e. The highest BCUT2D eigenvalue weighted by Gasteiger charge is 2.23. The van der Waals surface area contributed by atoms with Gasteiger partial charge in [-0.2, -0.15) is 0 Å². The number of anilines is 2. The molecule has 1 heterocycles. The number of rotatable bonds is 7. The maximum absolute atomic E-state index is 13.1. The lowest BCUT2D eigenvalue weighted by Crippen LogP contribution is -2.50. The van der Waals surface area contributed by atoms with Crippen molar-refractivity contribution in [1.82, 2.24) is 10.2 Å². The average molecular weight is 442 g/mol. The fraction of sp³-hybridized carbons (Fsp3) is 0.348. The van der Waals surface area contributed by atoms with Crippen molar-refractivity contribution in [2.45, 2.75) is 19.9 Å². The minimum atomic E-state index is -1.10. The molecule has 0 bridgehead atoms. The Hall–Kier alpha value is -3.46. The minimum Gasteiger partial charge on any atom is -0.478 e. The molecule has 0 aliphatic carbocycles. The maximum atomic E-state index is 13.1. The molecular formula is C23H27FN4O4. The van der Waals surface area contributed by atoms with Gasteiger partial charge in [0.2, 0.25) is 5.91 Å². The van der Waals surface area contributed by atoms with E-state index in [1.165, 1.54) is 30.3 Å². The number of nitrogens with zero attached hydrogens (tertiary/aromatic N) is 2. The molecule has 0 atom stereocenters. The van der Waals surface area contributed by atoms with Crippen LogP contribution in [0.3, 0.4) is 0 Å². The fourth-order valence-electron chi connectivity index (χ4n) is 3.58. The molecule has 8 nitrogen and oxygen atoms in total. The van der Waals surface area contributed by atoms with Gasteiger partial charge in [0.25, 0.3) is 5.91 Å².